The van der Waals surface area contributed by atoms with Gasteiger partial charge in [-0.15, -0.1) is 0 Å². The highest BCUT2D eigenvalue weighted by molar-refractivity contribution is 5.95. The Morgan fingerprint density at radius 3 is 2.84 bits per heavy atom. The van der Waals surface area contributed by atoms with E-state index in [4.69, 9.17) is 20.0 Å². The van der Waals surface area contributed by atoms with Crippen LogP contribution in [0.15, 0.2) is 59.3 Å². The van der Waals surface area contributed by atoms with Crippen molar-refractivity contribution in [2.24, 2.45) is 5.73 Å². The van der Waals surface area contributed by atoms with E-state index < -0.39 is 11.8 Å². The van der Waals surface area contributed by atoms with Crippen molar-refractivity contribution < 1.29 is 23.4 Å². The average molecular weight is 420 g/mol. The molecule has 0 unspecified atom stereocenters. The number of carboxylic acids is 1. The first-order valence-electron chi connectivity index (χ1n) is 9.73. The van der Waals surface area contributed by atoms with Gasteiger partial charge in [-0.3, -0.25) is 9.78 Å². The second-order valence-corrected chi connectivity index (χ2v) is 7.29. The van der Waals surface area contributed by atoms with Crippen molar-refractivity contribution in [1.82, 2.24) is 4.98 Å². The monoisotopic (exact) mass is 420 g/mol. The second-order valence-electron chi connectivity index (χ2n) is 7.29. The smallest absolute Gasteiger partial charge is 0.307 e. The van der Waals surface area contributed by atoms with Crippen LogP contribution >= 0.6 is 0 Å². The van der Waals surface area contributed by atoms with Crippen LogP contribution in [0.25, 0.3) is 22.1 Å². The number of nitrogens with zero attached hydrogens (tertiary/aromatic N) is 1. The molecule has 0 bridgehead atoms. The summed E-state index contributed by atoms with van der Waals surface area (Å²) >= 11 is 0. The van der Waals surface area contributed by atoms with E-state index in [2.05, 4.69) is 4.98 Å². The standard InChI is InChI=1S/C24H21FN2O4/c1-14-12-31-24-20(14)6-15(7-21(24)16-4-5-27-19(8-16)11-26)13-30-22-10-18(25)3-2-17(22)9-23(28)29/h2-8,10,12H,9,11,13,26H2,1H3,(H,28,29). The molecular weight excluding hydrogens is 399 g/mol. The summed E-state index contributed by atoms with van der Waals surface area (Å²) in [4.78, 5) is 15.4. The minimum absolute atomic E-state index is 0.137. The third-order valence-electron chi connectivity index (χ3n) is 5.03. The number of fused-ring (bicyclic) bond motifs is 1. The summed E-state index contributed by atoms with van der Waals surface area (Å²) in [6, 6.07) is 11.6. The van der Waals surface area contributed by atoms with E-state index in [9.17, 15) is 9.18 Å². The summed E-state index contributed by atoms with van der Waals surface area (Å²) < 4.78 is 25.4. The van der Waals surface area contributed by atoms with E-state index in [0.717, 1.165) is 38.9 Å². The number of nitrogens with two attached hydrogens (primary N) is 1. The lowest BCUT2D eigenvalue weighted by atomic mass is 9.99. The fraction of sp³-hybridized carbons (Fsp3) is 0.167. The van der Waals surface area contributed by atoms with Gasteiger partial charge in [0.05, 0.1) is 18.4 Å². The van der Waals surface area contributed by atoms with Crippen LogP contribution in [-0.2, 0) is 24.4 Å². The van der Waals surface area contributed by atoms with Crippen molar-refractivity contribution in [3.63, 3.8) is 0 Å². The van der Waals surface area contributed by atoms with Crippen molar-refractivity contribution in [3.05, 3.63) is 83.1 Å². The Bertz CT molecular complexity index is 1270. The highest BCUT2D eigenvalue weighted by Gasteiger charge is 2.14. The van der Waals surface area contributed by atoms with E-state index in [1.54, 1.807) is 12.5 Å². The summed E-state index contributed by atoms with van der Waals surface area (Å²) in [7, 11) is 0. The number of aryl methyl sites for hydroxylation is 1. The molecule has 3 N–H and O–H groups in total. The van der Waals surface area contributed by atoms with Gasteiger partial charge in [-0.05, 0) is 53.9 Å². The number of ether oxygens (including phenoxy) is 1. The van der Waals surface area contributed by atoms with Crippen LogP contribution in [-0.4, -0.2) is 16.1 Å². The maximum absolute atomic E-state index is 13.7. The molecule has 4 rings (SSSR count). The van der Waals surface area contributed by atoms with Gasteiger partial charge < -0.3 is 20.0 Å². The van der Waals surface area contributed by atoms with Gasteiger partial charge in [0.2, 0.25) is 0 Å². The zero-order chi connectivity index (χ0) is 22.0. The highest BCUT2D eigenvalue weighted by Crippen LogP contribution is 2.34. The molecule has 2 aromatic heterocycles. The molecule has 0 radical (unpaired) electrons. The minimum atomic E-state index is -1.01. The van der Waals surface area contributed by atoms with Crippen LogP contribution in [0.1, 0.15) is 22.4 Å². The number of rotatable bonds is 7. The van der Waals surface area contributed by atoms with E-state index in [1.165, 1.54) is 18.2 Å². The summed E-state index contributed by atoms with van der Waals surface area (Å²) in [5, 5.41) is 10.0. The van der Waals surface area contributed by atoms with Crippen LogP contribution in [0.3, 0.4) is 0 Å². The first-order chi connectivity index (χ1) is 14.9. The number of aromatic nitrogens is 1. The number of benzene rings is 2. The summed E-state index contributed by atoms with van der Waals surface area (Å²) in [5.41, 5.74) is 11.2. The second kappa shape index (κ2) is 8.57. The zero-order valence-electron chi connectivity index (χ0n) is 16.9. The molecule has 0 atom stereocenters. The van der Waals surface area contributed by atoms with Crippen molar-refractivity contribution in [3.8, 4) is 16.9 Å². The molecule has 2 aromatic carbocycles. The van der Waals surface area contributed by atoms with E-state index in [-0.39, 0.29) is 18.8 Å². The maximum atomic E-state index is 13.7. The van der Waals surface area contributed by atoms with Crippen molar-refractivity contribution in [1.29, 1.82) is 0 Å². The number of halogens is 1. The Labute approximate surface area is 178 Å². The van der Waals surface area contributed by atoms with Crippen LogP contribution in [0.2, 0.25) is 0 Å². The number of furan rings is 1. The molecule has 6 nitrogen and oxygen atoms in total. The lowest BCUT2D eigenvalue weighted by Crippen LogP contribution is -2.05. The number of carboxylic acid groups (broad SMARTS) is 1. The lowest BCUT2D eigenvalue weighted by Gasteiger charge is -2.13. The number of carbonyl (C=O) groups is 1. The van der Waals surface area contributed by atoms with Crippen LogP contribution in [0, 0.1) is 12.7 Å². The van der Waals surface area contributed by atoms with Crippen LogP contribution in [0.4, 0.5) is 4.39 Å². The van der Waals surface area contributed by atoms with Gasteiger partial charge in [-0.25, -0.2) is 4.39 Å². The number of aliphatic carboxylic acids is 1. The normalized spacial score (nSPS) is 11.1. The van der Waals surface area contributed by atoms with E-state index in [0.29, 0.717) is 12.1 Å². The molecule has 7 heteroatoms. The molecule has 2 heterocycles. The molecule has 4 aromatic rings. The van der Waals surface area contributed by atoms with Crippen molar-refractivity contribution in [2.75, 3.05) is 0 Å². The van der Waals surface area contributed by atoms with Gasteiger partial charge in [0.15, 0.2) is 0 Å². The Balaban J connectivity index is 1.72. The third kappa shape index (κ3) is 4.41. The minimum Gasteiger partial charge on any atom is -0.488 e. The predicted octanol–water partition coefficient (Wildman–Crippen LogP) is 4.61. The molecular formula is C24H21FN2O4. The van der Waals surface area contributed by atoms with Gasteiger partial charge in [0.1, 0.15) is 23.8 Å². The molecule has 0 amide bonds. The number of hydrogen-bond donors (Lipinski definition) is 2. The average Bonchev–Trinajstić information content (AvgIpc) is 3.14. The lowest BCUT2D eigenvalue weighted by molar-refractivity contribution is -0.136. The molecule has 0 spiro atoms. The molecule has 0 saturated heterocycles. The highest BCUT2D eigenvalue weighted by atomic mass is 19.1. The molecule has 0 aliphatic carbocycles. The van der Waals surface area contributed by atoms with Gasteiger partial charge in [-0.2, -0.15) is 0 Å². The van der Waals surface area contributed by atoms with Crippen molar-refractivity contribution >= 4 is 16.9 Å². The Hall–Kier alpha value is -3.71. The zero-order valence-corrected chi connectivity index (χ0v) is 16.9. The fourth-order valence-electron chi connectivity index (χ4n) is 3.51. The topological polar surface area (TPSA) is 98.6 Å². The van der Waals surface area contributed by atoms with Gasteiger partial charge in [-0.1, -0.05) is 6.07 Å². The Morgan fingerprint density at radius 2 is 2.06 bits per heavy atom. The molecule has 0 aliphatic rings. The molecule has 0 saturated carbocycles. The molecule has 0 aliphatic heterocycles. The van der Waals surface area contributed by atoms with Gasteiger partial charge in [0.25, 0.3) is 0 Å². The summed E-state index contributed by atoms with van der Waals surface area (Å²) in [6.45, 7) is 2.41. The summed E-state index contributed by atoms with van der Waals surface area (Å²) in [6.07, 6.45) is 3.15. The summed E-state index contributed by atoms with van der Waals surface area (Å²) in [5.74, 6) is -1.29. The Morgan fingerprint density at radius 1 is 1.23 bits per heavy atom. The Kier molecular flexibility index (Phi) is 5.68. The molecule has 0 fully saturated rings. The van der Waals surface area contributed by atoms with E-state index in [1.807, 2.05) is 31.2 Å². The quantitative estimate of drug-likeness (QED) is 0.453. The predicted molar refractivity (Wildman–Crippen MR) is 114 cm³/mol. The fourth-order valence-corrected chi connectivity index (χ4v) is 3.51. The molecule has 31 heavy (non-hydrogen) atoms. The largest absolute Gasteiger partial charge is 0.488 e. The van der Waals surface area contributed by atoms with Crippen LogP contribution in [0.5, 0.6) is 5.75 Å². The first kappa shape index (κ1) is 20.6. The SMILES string of the molecule is Cc1coc2c(-c3ccnc(CN)c3)cc(COc3cc(F)ccc3CC(=O)O)cc12. The van der Waals surface area contributed by atoms with Gasteiger partial charge in [0, 0.05) is 35.3 Å². The third-order valence-corrected chi connectivity index (χ3v) is 5.03. The van der Waals surface area contributed by atoms with Gasteiger partial charge >= 0.3 is 5.97 Å². The maximum Gasteiger partial charge on any atom is 0.307 e. The van der Waals surface area contributed by atoms with E-state index >= 15 is 0 Å². The number of hydrogen-bond acceptors (Lipinski definition) is 5. The molecule has 158 valence electrons. The van der Waals surface area contributed by atoms with Crippen molar-refractivity contribution in [2.45, 2.75) is 26.5 Å². The van der Waals surface area contributed by atoms with Crippen LogP contribution < -0.4 is 10.5 Å². The number of pyridine rings is 1. The first-order valence-corrected chi connectivity index (χ1v) is 9.73.